The lowest BCUT2D eigenvalue weighted by Crippen LogP contribution is -2.13. The Morgan fingerprint density at radius 2 is 1.37 bits per heavy atom. The first-order chi connectivity index (χ1) is 14.7. The van der Waals surface area contributed by atoms with Gasteiger partial charge in [0, 0.05) is 33.1 Å². The van der Waals surface area contributed by atoms with Crippen LogP contribution in [0.25, 0.3) is 21.8 Å². The summed E-state index contributed by atoms with van der Waals surface area (Å²) >= 11 is 0. The summed E-state index contributed by atoms with van der Waals surface area (Å²) in [6.07, 6.45) is 6.43. The maximum Gasteiger partial charge on any atom is 0.0868 e. The molecule has 0 aliphatic heterocycles. The van der Waals surface area contributed by atoms with Gasteiger partial charge in [0.15, 0.2) is 0 Å². The fraction of sp³-hybridized carbons (Fsp3) is 0.308. The Hall–Kier alpha value is -3.14. The van der Waals surface area contributed by atoms with Crippen LogP contribution in [-0.2, 0) is 12.8 Å². The Morgan fingerprint density at radius 1 is 0.700 bits per heavy atom. The van der Waals surface area contributed by atoms with Crippen molar-refractivity contribution < 1.29 is 0 Å². The second-order valence-corrected chi connectivity index (χ2v) is 8.86. The molecule has 2 aromatic carbocycles. The quantitative estimate of drug-likeness (QED) is 0.365. The average Bonchev–Trinajstić information content (AvgIpc) is 3.30. The van der Waals surface area contributed by atoms with E-state index in [1.807, 2.05) is 0 Å². The van der Waals surface area contributed by atoms with Crippen LogP contribution in [0.5, 0.6) is 0 Å². The predicted molar refractivity (Wildman–Crippen MR) is 125 cm³/mol. The molecule has 0 radical (unpaired) electrons. The molecule has 30 heavy (non-hydrogen) atoms. The zero-order chi connectivity index (χ0) is 20.2. The van der Waals surface area contributed by atoms with Gasteiger partial charge in [-0.1, -0.05) is 23.3 Å². The number of H-pyrrole nitrogens is 2. The van der Waals surface area contributed by atoms with E-state index in [-0.39, 0.29) is 0 Å². The number of nitrogens with zero attached hydrogens (tertiary/aromatic N) is 2. The summed E-state index contributed by atoms with van der Waals surface area (Å²) in [5.41, 5.74) is 12.4. The van der Waals surface area contributed by atoms with Crippen molar-refractivity contribution in [2.45, 2.75) is 52.4 Å². The first kappa shape index (κ1) is 17.7. The van der Waals surface area contributed by atoms with Gasteiger partial charge in [-0.25, -0.2) is 0 Å². The molecular formula is C26H26N4. The van der Waals surface area contributed by atoms with Crippen molar-refractivity contribution in [2.24, 2.45) is 10.2 Å². The number of fused-ring (bicyclic) bond motifs is 6. The molecule has 2 N–H and O–H groups in total. The molecule has 150 valence electrons. The van der Waals surface area contributed by atoms with Gasteiger partial charge in [0.1, 0.15) is 0 Å². The van der Waals surface area contributed by atoms with Gasteiger partial charge in [-0.15, -0.1) is 0 Å². The van der Waals surface area contributed by atoms with E-state index >= 15 is 0 Å². The van der Waals surface area contributed by atoms with Crippen LogP contribution < -0.4 is 0 Å². The molecule has 2 heterocycles. The molecule has 0 unspecified atom stereocenters. The number of benzene rings is 2. The minimum absolute atomic E-state index is 0.982. The molecule has 0 bridgehead atoms. The third-order valence-corrected chi connectivity index (χ3v) is 6.64. The smallest absolute Gasteiger partial charge is 0.0868 e. The van der Waals surface area contributed by atoms with Gasteiger partial charge < -0.3 is 9.97 Å². The van der Waals surface area contributed by atoms with Gasteiger partial charge in [0.05, 0.1) is 17.1 Å². The fourth-order valence-electron chi connectivity index (χ4n) is 5.18. The predicted octanol–water partition coefficient (Wildman–Crippen LogP) is 6.13. The fourth-order valence-corrected chi connectivity index (χ4v) is 5.18. The molecule has 0 fully saturated rings. The maximum absolute atomic E-state index is 4.85. The topological polar surface area (TPSA) is 56.3 Å². The summed E-state index contributed by atoms with van der Waals surface area (Å²) in [5.74, 6) is 0. The van der Waals surface area contributed by atoms with Gasteiger partial charge in [0.25, 0.3) is 0 Å². The van der Waals surface area contributed by atoms with E-state index in [1.165, 1.54) is 55.4 Å². The van der Waals surface area contributed by atoms with E-state index in [4.69, 9.17) is 10.2 Å². The van der Waals surface area contributed by atoms with Gasteiger partial charge in [-0.2, -0.15) is 10.2 Å². The van der Waals surface area contributed by atoms with Crippen molar-refractivity contribution in [3.63, 3.8) is 0 Å². The second kappa shape index (κ2) is 6.69. The Bertz CT molecular complexity index is 1360. The first-order valence-electron chi connectivity index (χ1n) is 11.0. The Morgan fingerprint density at radius 3 is 2.20 bits per heavy atom. The highest BCUT2D eigenvalue weighted by Crippen LogP contribution is 2.32. The van der Waals surface area contributed by atoms with Crippen LogP contribution >= 0.6 is 0 Å². The summed E-state index contributed by atoms with van der Waals surface area (Å²) in [7, 11) is 0. The molecule has 0 saturated heterocycles. The van der Waals surface area contributed by atoms with Crippen molar-refractivity contribution in [3.05, 3.63) is 70.0 Å². The summed E-state index contributed by atoms with van der Waals surface area (Å²) in [5, 5.41) is 12.3. The maximum atomic E-state index is 4.85. The zero-order valence-electron chi connectivity index (χ0n) is 17.6. The van der Waals surface area contributed by atoms with Gasteiger partial charge in [0.2, 0.25) is 0 Å². The SMILES string of the molecule is Cc1ccc2[nH]c3c(c2c1)CCC/C3=N\N=C1/CCCc2[nH]c3ccc(C)cc3c21. The van der Waals surface area contributed by atoms with Crippen LogP contribution in [0.15, 0.2) is 46.6 Å². The highest BCUT2D eigenvalue weighted by atomic mass is 15.2. The van der Waals surface area contributed by atoms with Crippen LogP contribution in [0.1, 0.15) is 59.3 Å². The van der Waals surface area contributed by atoms with Crippen molar-refractivity contribution >= 4 is 33.2 Å². The monoisotopic (exact) mass is 394 g/mol. The number of aromatic nitrogens is 2. The Kier molecular flexibility index (Phi) is 3.95. The van der Waals surface area contributed by atoms with Crippen molar-refractivity contribution in [3.8, 4) is 0 Å². The standard InChI is InChI=1S/C26H26N4/c1-15-9-11-20-18(13-15)17-5-3-8-24(26(17)28-20)30-29-23-7-4-6-22-25(23)19-14-16(2)10-12-21(19)27-22/h9-14,27-28H,3-8H2,1-2H3/b29-23+,30-24+. The lowest BCUT2D eigenvalue weighted by molar-refractivity contribution is 0.815. The largest absolute Gasteiger partial charge is 0.358 e. The highest BCUT2D eigenvalue weighted by Gasteiger charge is 2.23. The summed E-state index contributed by atoms with van der Waals surface area (Å²) in [4.78, 5) is 7.24. The second-order valence-electron chi connectivity index (χ2n) is 8.86. The molecule has 2 aliphatic carbocycles. The molecule has 2 aromatic heterocycles. The van der Waals surface area contributed by atoms with Crippen molar-refractivity contribution in [1.29, 1.82) is 0 Å². The van der Waals surface area contributed by atoms with Gasteiger partial charge >= 0.3 is 0 Å². The molecular weight excluding hydrogens is 368 g/mol. The molecule has 6 rings (SSSR count). The third kappa shape index (κ3) is 2.74. The Labute approximate surface area is 176 Å². The number of nitrogens with one attached hydrogen (secondary N) is 2. The van der Waals surface area contributed by atoms with E-state index in [0.29, 0.717) is 0 Å². The third-order valence-electron chi connectivity index (χ3n) is 6.64. The lowest BCUT2D eigenvalue weighted by atomic mass is 9.93. The normalized spacial score (nSPS) is 19.0. The van der Waals surface area contributed by atoms with Crippen LogP contribution in [0.3, 0.4) is 0 Å². The van der Waals surface area contributed by atoms with Gasteiger partial charge in [-0.3, -0.25) is 0 Å². The van der Waals surface area contributed by atoms with Gasteiger partial charge in [-0.05, 0) is 82.2 Å². The molecule has 4 nitrogen and oxygen atoms in total. The Balaban J connectivity index is 1.47. The molecule has 4 aromatic rings. The van der Waals surface area contributed by atoms with E-state index in [1.54, 1.807) is 0 Å². The molecule has 4 heteroatoms. The van der Waals surface area contributed by atoms with Crippen molar-refractivity contribution in [2.75, 3.05) is 0 Å². The molecule has 0 spiro atoms. The summed E-state index contributed by atoms with van der Waals surface area (Å²) in [6, 6.07) is 13.3. The first-order valence-corrected chi connectivity index (χ1v) is 11.0. The number of aryl methyl sites for hydroxylation is 4. The number of rotatable bonds is 1. The number of hydrogen-bond donors (Lipinski definition) is 2. The summed E-state index contributed by atoms with van der Waals surface area (Å²) < 4.78 is 0. The minimum atomic E-state index is 0.982. The summed E-state index contributed by atoms with van der Waals surface area (Å²) in [6.45, 7) is 4.31. The van der Waals surface area contributed by atoms with Crippen LogP contribution in [0.4, 0.5) is 0 Å². The molecule has 0 atom stereocenters. The minimum Gasteiger partial charge on any atom is -0.358 e. The van der Waals surface area contributed by atoms with E-state index in [9.17, 15) is 0 Å². The highest BCUT2D eigenvalue weighted by molar-refractivity contribution is 6.13. The van der Waals surface area contributed by atoms with Crippen LogP contribution in [0.2, 0.25) is 0 Å². The van der Waals surface area contributed by atoms with Crippen LogP contribution in [0, 0.1) is 13.8 Å². The number of hydrogen-bond acceptors (Lipinski definition) is 2. The molecule has 0 saturated carbocycles. The molecule has 0 amide bonds. The lowest BCUT2D eigenvalue weighted by Gasteiger charge is -2.15. The van der Waals surface area contributed by atoms with Crippen molar-refractivity contribution in [1.82, 2.24) is 9.97 Å². The molecule has 2 aliphatic rings. The van der Waals surface area contributed by atoms with E-state index in [0.717, 1.165) is 49.9 Å². The van der Waals surface area contributed by atoms with E-state index in [2.05, 4.69) is 60.2 Å². The van der Waals surface area contributed by atoms with Crippen LogP contribution in [-0.4, -0.2) is 21.4 Å². The number of aromatic amines is 2. The van der Waals surface area contributed by atoms with E-state index < -0.39 is 0 Å². The average molecular weight is 395 g/mol. The zero-order valence-corrected chi connectivity index (χ0v) is 17.6.